The lowest BCUT2D eigenvalue weighted by atomic mass is 10.1. The molecule has 0 spiro atoms. The van der Waals surface area contributed by atoms with Gasteiger partial charge in [-0.1, -0.05) is 18.2 Å². The number of nitrogens with two attached hydrogens (primary N) is 1. The zero-order valence-electron chi connectivity index (χ0n) is 8.79. The van der Waals surface area contributed by atoms with E-state index >= 15 is 0 Å². The lowest BCUT2D eigenvalue weighted by molar-refractivity contribution is -0.118. The SMILES string of the molecule is NC(=O)CN1C(=O)c2ccccc2CS1(=O)=O. The molecule has 0 saturated carbocycles. The molecule has 0 aliphatic carbocycles. The first-order valence-corrected chi connectivity index (χ1v) is 6.43. The van der Waals surface area contributed by atoms with Crippen molar-refractivity contribution in [1.82, 2.24) is 4.31 Å². The third kappa shape index (κ3) is 2.01. The Labute approximate surface area is 98.1 Å². The van der Waals surface area contributed by atoms with Crippen molar-refractivity contribution >= 4 is 21.8 Å². The maximum Gasteiger partial charge on any atom is 0.268 e. The number of nitrogens with zero attached hydrogens (tertiary/aromatic N) is 1. The van der Waals surface area contributed by atoms with Crippen LogP contribution < -0.4 is 5.73 Å². The molecule has 0 fully saturated rings. The molecule has 0 atom stereocenters. The number of hydrogen-bond donors (Lipinski definition) is 1. The highest BCUT2D eigenvalue weighted by atomic mass is 32.2. The first-order chi connectivity index (χ1) is 7.92. The Morgan fingerprint density at radius 1 is 1.35 bits per heavy atom. The number of carbonyl (C=O) groups is 2. The Bertz CT molecular complexity index is 594. The molecule has 0 radical (unpaired) electrons. The van der Waals surface area contributed by atoms with Crippen molar-refractivity contribution in [3.63, 3.8) is 0 Å². The molecular formula is C10H10N2O4S. The summed E-state index contributed by atoms with van der Waals surface area (Å²) in [5.41, 5.74) is 5.67. The maximum atomic E-state index is 11.9. The average Bonchev–Trinajstić information content (AvgIpc) is 2.23. The molecule has 0 bridgehead atoms. The maximum absolute atomic E-state index is 11.9. The number of amides is 2. The molecule has 90 valence electrons. The fourth-order valence-electron chi connectivity index (χ4n) is 1.70. The van der Waals surface area contributed by atoms with Crippen molar-refractivity contribution in [2.45, 2.75) is 5.75 Å². The van der Waals surface area contributed by atoms with E-state index in [0.717, 1.165) is 0 Å². The summed E-state index contributed by atoms with van der Waals surface area (Å²) in [5, 5.41) is 0. The molecular weight excluding hydrogens is 244 g/mol. The van der Waals surface area contributed by atoms with Crippen molar-refractivity contribution in [2.75, 3.05) is 6.54 Å². The second-order valence-electron chi connectivity index (χ2n) is 3.69. The highest BCUT2D eigenvalue weighted by Gasteiger charge is 2.36. The van der Waals surface area contributed by atoms with Crippen LogP contribution in [0.2, 0.25) is 0 Å². The summed E-state index contributed by atoms with van der Waals surface area (Å²) < 4.78 is 24.1. The molecule has 0 aromatic heterocycles. The van der Waals surface area contributed by atoms with Crippen LogP contribution in [0.4, 0.5) is 0 Å². The van der Waals surface area contributed by atoms with Crippen LogP contribution in [0.5, 0.6) is 0 Å². The number of rotatable bonds is 2. The van der Waals surface area contributed by atoms with E-state index < -0.39 is 28.4 Å². The van der Waals surface area contributed by atoms with Gasteiger partial charge in [0.15, 0.2) is 0 Å². The lowest BCUT2D eigenvalue weighted by Crippen LogP contribution is -2.46. The normalized spacial score (nSPS) is 17.6. The number of fused-ring (bicyclic) bond motifs is 1. The molecule has 6 nitrogen and oxygen atoms in total. The van der Waals surface area contributed by atoms with E-state index in [1.165, 1.54) is 6.07 Å². The van der Waals surface area contributed by atoms with E-state index in [1.54, 1.807) is 18.2 Å². The van der Waals surface area contributed by atoms with Gasteiger partial charge in [-0.15, -0.1) is 0 Å². The van der Waals surface area contributed by atoms with E-state index in [1.807, 2.05) is 0 Å². The second-order valence-corrected chi connectivity index (χ2v) is 5.58. The summed E-state index contributed by atoms with van der Waals surface area (Å²) in [4.78, 5) is 22.7. The second kappa shape index (κ2) is 3.85. The van der Waals surface area contributed by atoms with Gasteiger partial charge in [0.05, 0.1) is 5.75 Å². The molecule has 1 aromatic rings. The van der Waals surface area contributed by atoms with Gasteiger partial charge in [-0.2, -0.15) is 0 Å². The molecule has 2 amide bonds. The molecule has 1 heterocycles. The molecule has 17 heavy (non-hydrogen) atoms. The van der Waals surface area contributed by atoms with E-state index in [9.17, 15) is 18.0 Å². The first-order valence-electron chi connectivity index (χ1n) is 4.83. The zero-order valence-corrected chi connectivity index (χ0v) is 9.61. The molecule has 1 aliphatic rings. The Morgan fingerprint density at radius 3 is 2.65 bits per heavy atom. The Balaban J connectivity index is 2.51. The fourth-order valence-corrected chi connectivity index (χ4v) is 3.18. The smallest absolute Gasteiger partial charge is 0.268 e. The topological polar surface area (TPSA) is 97.5 Å². The minimum atomic E-state index is -3.80. The predicted octanol–water partition coefficient (Wildman–Crippen LogP) is -0.543. The minimum Gasteiger partial charge on any atom is -0.368 e. The molecule has 0 unspecified atom stereocenters. The van der Waals surface area contributed by atoms with Crippen LogP contribution in [0.25, 0.3) is 0 Å². The summed E-state index contributed by atoms with van der Waals surface area (Å²) in [6.45, 7) is -0.616. The Kier molecular flexibility index (Phi) is 2.62. The summed E-state index contributed by atoms with van der Waals surface area (Å²) >= 11 is 0. The van der Waals surface area contributed by atoms with Crippen molar-refractivity contribution in [3.05, 3.63) is 35.4 Å². The van der Waals surface area contributed by atoms with Crippen LogP contribution >= 0.6 is 0 Å². The highest BCUT2D eigenvalue weighted by molar-refractivity contribution is 7.89. The number of hydrogen-bond acceptors (Lipinski definition) is 4. The van der Waals surface area contributed by atoms with Crippen LogP contribution in [0.1, 0.15) is 15.9 Å². The number of primary amides is 1. The van der Waals surface area contributed by atoms with Gasteiger partial charge in [-0.25, -0.2) is 12.7 Å². The summed E-state index contributed by atoms with van der Waals surface area (Å²) in [6.07, 6.45) is 0. The quantitative estimate of drug-likeness (QED) is 0.766. The van der Waals surface area contributed by atoms with Gasteiger partial charge in [-0.05, 0) is 11.6 Å². The van der Waals surface area contributed by atoms with Gasteiger partial charge in [0.25, 0.3) is 5.91 Å². The van der Waals surface area contributed by atoms with Crippen molar-refractivity contribution in [2.24, 2.45) is 5.73 Å². The van der Waals surface area contributed by atoms with Crippen LogP contribution in [-0.2, 0) is 20.6 Å². The fraction of sp³-hybridized carbons (Fsp3) is 0.200. The van der Waals surface area contributed by atoms with Crippen molar-refractivity contribution in [3.8, 4) is 0 Å². The van der Waals surface area contributed by atoms with Gasteiger partial charge >= 0.3 is 0 Å². The minimum absolute atomic E-state index is 0.289. The standard InChI is InChI=1S/C10H10N2O4S/c11-9(13)5-12-10(14)8-4-2-1-3-7(8)6-17(12,15)16/h1-4H,5-6H2,(H2,11,13). The van der Waals surface area contributed by atoms with Gasteiger partial charge < -0.3 is 5.73 Å². The van der Waals surface area contributed by atoms with Gasteiger partial charge in [0.2, 0.25) is 15.9 Å². The van der Waals surface area contributed by atoms with E-state index in [-0.39, 0.29) is 5.75 Å². The number of carbonyl (C=O) groups excluding carboxylic acids is 2. The molecule has 2 N–H and O–H groups in total. The van der Waals surface area contributed by atoms with E-state index in [0.29, 0.717) is 15.4 Å². The van der Waals surface area contributed by atoms with Crippen LogP contribution in [0, 0.1) is 0 Å². The molecule has 0 saturated heterocycles. The first kappa shape index (κ1) is 11.6. The predicted molar refractivity (Wildman–Crippen MR) is 59.3 cm³/mol. The Hall–Kier alpha value is -1.89. The third-order valence-corrected chi connectivity index (χ3v) is 4.09. The molecule has 1 aliphatic heterocycles. The van der Waals surface area contributed by atoms with Crippen LogP contribution in [0.3, 0.4) is 0 Å². The monoisotopic (exact) mass is 254 g/mol. The van der Waals surface area contributed by atoms with E-state index in [4.69, 9.17) is 5.73 Å². The Morgan fingerprint density at radius 2 is 2.00 bits per heavy atom. The largest absolute Gasteiger partial charge is 0.368 e. The van der Waals surface area contributed by atoms with E-state index in [2.05, 4.69) is 0 Å². The van der Waals surface area contributed by atoms with Crippen LogP contribution in [0.15, 0.2) is 24.3 Å². The summed E-state index contributed by atoms with van der Waals surface area (Å²) in [5.74, 6) is -1.85. The highest BCUT2D eigenvalue weighted by Crippen LogP contribution is 2.23. The molecule has 2 rings (SSSR count). The van der Waals surface area contributed by atoms with Gasteiger partial charge in [0.1, 0.15) is 6.54 Å². The number of benzene rings is 1. The summed E-state index contributed by atoms with van der Waals surface area (Å²) in [6, 6.07) is 6.40. The number of sulfonamides is 1. The summed E-state index contributed by atoms with van der Waals surface area (Å²) in [7, 11) is -3.80. The van der Waals surface area contributed by atoms with Crippen LogP contribution in [-0.4, -0.2) is 31.1 Å². The molecule has 7 heteroatoms. The zero-order chi connectivity index (χ0) is 12.6. The lowest BCUT2D eigenvalue weighted by Gasteiger charge is -2.26. The third-order valence-electron chi connectivity index (χ3n) is 2.45. The molecule has 1 aromatic carbocycles. The van der Waals surface area contributed by atoms with Crippen molar-refractivity contribution in [1.29, 1.82) is 0 Å². The average molecular weight is 254 g/mol. The van der Waals surface area contributed by atoms with Crippen molar-refractivity contribution < 1.29 is 18.0 Å². The van der Waals surface area contributed by atoms with Gasteiger partial charge in [-0.3, -0.25) is 9.59 Å². The van der Waals surface area contributed by atoms with Gasteiger partial charge in [0, 0.05) is 5.56 Å².